The Balaban J connectivity index is 2.03. The summed E-state index contributed by atoms with van der Waals surface area (Å²) in [6, 6.07) is 7.23. The molecule has 0 radical (unpaired) electrons. The van der Waals surface area contributed by atoms with Gasteiger partial charge in [-0.15, -0.1) is 0 Å². The topological polar surface area (TPSA) is 38.3 Å². The minimum absolute atomic E-state index is 0.107. The molecule has 1 rings (SSSR count). The summed E-state index contributed by atoms with van der Waals surface area (Å²) in [6.07, 6.45) is 4.64. The smallest absolute Gasteiger partial charge is 0.220 e. The highest BCUT2D eigenvalue weighted by Crippen LogP contribution is 2.15. The van der Waals surface area contributed by atoms with E-state index in [1.165, 1.54) is 12.8 Å². The van der Waals surface area contributed by atoms with E-state index in [9.17, 15) is 4.79 Å². The number of ether oxygens (including phenoxy) is 1. The van der Waals surface area contributed by atoms with Gasteiger partial charge in [-0.25, -0.2) is 0 Å². The fraction of sp³-hybridized carbons (Fsp3) is 0.533. The van der Waals surface area contributed by atoms with E-state index < -0.39 is 0 Å². The highest BCUT2D eigenvalue weighted by molar-refractivity contribution is 6.30. The quantitative estimate of drug-likeness (QED) is 0.700. The predicted molar refractivity (Wildman–Crippen MR) is 78.7 cm³/mol. The van der Waals surface area contributed by atoms with Crippen LogP contribution in [0.4, 0.5) is 0 Å². The predicted octanol–water partition coefficient (Wildman–Crippen LogP) is 3.81. The van der Waals surface area contributed by atoms with Crippen LogP contribution in [0.5, 0.6) is 5.75 Å². The van der Waals surface area contributed by atoms with Crippen molar-refractivity contribution in [2.45, 2.75) is 39.0 Å². The van der Waals surface area contributed by atoms with E-state index in [0.717, 1.165) is 25.1 Å². The monoisotopic (exact) mass is 283 g/mol. The van der Waals surface area contributed by atoms with Gasteiger partial charge in [0, 0.05) is 18.0 Å². The van der Waals surface area contributed by atoms with Gasteiger partial charge in [0.15, 0.2) is 0 Å². The van der Waals surface area contributed by atoms with Crippen molar-refractivity contribution < 1.29 is 9.53 Å². The summed E-state index contributed by atoms with van der Waals surface area (Å²) in [6.45, 7) is 3.48. The lowest BCUT2D eigenvalue weighted by Gasteiger charge is -2.07. The van der Waals surface area contributed by atoms with Gasteiger partial charge in [0.25, 0.3) is 0 Å². The van der Waals surface area contributed by atoms with Crippen LogP contribution < -0.4 is 10.1 Å². The minimum Gasteiger partial charge on any atom is -0.494 e. The average Bonchev–Trinajstić information content (AvgIpc) is 2.42. The number of halogens is 1. The standard InChI is InChI=1S/C15H22ClNO2/c1-2-3-4-11-17-15(18)6-5-12-19-14-9-7-13(16)8-10-14/h7-10H,2-6,11-12H2,1H3,(H,17,18). The largest absolute Gasteiger partial charge is 0.494 e. The van der Waals surface area contributed by atoms with Crippen molar-refractivity contribution >= 4 is 17.5 Å². The second kappa shape index (κ2) is 9.68. The van der Waals surface area contributed by atoms with E-state index in [0.29, 0.717) is 18.1 Å². The molecule has 0 bridgehead atoms. The Morgan fingerprint density at radius 2 is 1.95 bits per heavy atom. The molecular formula is C15H22ClNO2. The van der Waals surface area contributed by atoms with E-state index >= 15 is 0 Å². The molecule has 19 heavy (non-hydrogen) atoms. The number of hydrogen-bond donors (Lipinski definition) is 1. The molecule has 0 aliphatic heterocycles. The number of amides is 1. The molecule has 0 saturated carbocycles. The van der Waals surface area contributed by atoms with Crippen molar-refractivity contribution in [3.05, 3.63) is 29.3 Å². The molecule has 0 aromatic heterocycles. The molecular weight excluding hydrogens is 262 g/mol. The first-order valence-electron chi connectivity index (χ1n) is 6.87. The maximum absolute atomic E-state index is 11.5. The van der Waals surface area contributed by atoms with Gasteiger partial charge in [0.05, 0.1) is 6.61 Å². The lowest BCUT2D eigenvalue weighted by Crippen LogP contribution is -2.24. The van der Waals surface area contributed by atoms with E-state index in [-0.39, 0.29) is 5.91 Å². The number of carbonyl (C=O) groups is 1. The zero-order chi connectivity index (χ0) is 13.9. The summed E-state index contributed by atoms with van der Waals surface area (Å²) in [5.74, 6) is 0.892. The number of rotatable bonds is 9. The molecule has 1 N–H and O–H groups in total. The van der Waals surface area contributed by atoms with Gasteiger partial charge in [-0.3, -0.25) is 4.79 Å². The molecule has 0 atom stereocenters. The van der Waals surface area contributed by atoms with E-state index in [1.54, 1.807) is 12.1 Å². The summed E-state index contributed by atoms with van der Waals surface area (Å²) in [7, 11) is 0. The molecule has 0 unspecified atom stereocenters. The molecule has 0 aliphatic carbocycles. The molecule has 0 heterocycles. The Bertz CT molecular complexity index is 365. The molecule has 1 amide bonds. The third-order valence-corrected chi connectivity index (χ3v) is 2.99. The highest BCUT2D eigenvalue weighted by Gasteiger charge is 2.00. The van der Waals surface area contributed by atoms with Gasteiger partial charge in [-0.05, 0) is 37.1 Å². The van der Waals surface area contributed by atoms with E-state index in [4.69, 9.17) is 16.3 Å². The van der Waals surface area contributed by atoms with Crippen LogP contribution in [0.1, 0.15) is 39.0 Å². The Kier molecular flexibility index (Phi) is 8.07. The molecule has 0 fully saturated rings. The number of hydrogen-bond acceptors (Lipinski definition) is 2. The van der Waals surface area contributed by atoms with Gasteiger partial charge >= 0.3 is 0 Å². The van der Waals surface area contributed by atoms with E-state index in [2.05, 4.69) is 12.2 Å². The van der Waals surface area contributed by atoms with Crippen LogP contribution in [0, 0.1) is 0 Å². The number of carbonyl (C=O) groups excluding carboxylic acids is 1. The summed E-state index contributed by atoms with van der Waals surface area (Å²) < 4.78 is 5.52. The lowest BCUT2D eigenvalue weighted by molar-refractivity contribution is -0.121. The summed E-state index contributed by atoms with van der Waals surface area (Å²) in [5, 5.41) is 3.61. The highest BCUT2D eigenvalue weighted by atomic mass is 35.5. The molecule has 1 aromatic carbocycles. The Hall–Kier alpha value is -1.22. The fourth-order valence-electron chi connectivity index (χ4n) is 1.64. The first-order valence-corrected chi connectivity index (χ1v) is 7.25. The third kappa shape index (κ3) is 7.73. The molecule has 1 aromatic rings. The van der Waals surface area contributed by atoms with Crippen LogP contribution in [-0.2, 0) is 4.79 Å². The molecule has 0 aliphatic rings. The van der Waals surface area contributed by atoms with Crippen LogP contribution in [-0.4, -0.2) is 19.1 Å². The Labute approximate surface area is 120 Å². The van der Waals surface area contributed by atoms with Crippen molar-refractivity contribution in [2.75, 3.05) is 13.2 Å². The summed E-state index contributed by atoms with van der Waals surface area (Å²) in [5.41, 5.74) is 0. The van der Waals surface area contributed by atoms with Gasteiger partial charge < -0.3 is 10.1 Å². The first-order chi connectivity index (χ1) is 9.22. The third-order valence-electron chi connectivity index (χ3n) is 2.73. The zero-order valence-electron chi connectivity index (χ0n) is 11.5. The van der Waals surface area contributed by atoms with Gasteiger partial charge in [-0.1, -0.05) is 31.4 Å². The first kappa shape index (κ1) is 15.8. The Morgan fingerprint density at radius 1 is 1.21 bits per heavy atom. The van der Waals surface area contributed by atoms with Gasteiger partial charge in [-0.2, -0.15) is 0 Å². The second-order valence-electron chi connectivity index (χ2n) is 4.46. The van der Waals surface area contributed by atoms with Crippen molar-refractivity contribution in [1.29, 1.82) is 0 Å². The molecule has 3 nitrogen and oxygen atoms in total. The molecule has 4 heteroatoms. The average molecular weight is 284 g/mol. The SMILES string of the molecule is CCCCCNC(=O)CCCOc1ccc(Cl)cc1. The second-order valence-corrected chi connectivity index (χ2v) is 4.90. The minimum atomic E-state index is 0.107. The molecule has 0 saturated heterocycles. The molecule has 0 spiro atoms. The van der Waals surface area contributed by atoms with Crippen LogP contribution in [0.3, 0.4) is 0 Å². The van der Waals surface area contributed by atoms with Crippen LogP contribution in [0.15, 0.2) is 24.3 Å². The van der Waals surface area contributed by atoms with Crippen LogP contribution in [0.25, 0.3) is 0 Å². The Morgan fingerprint density at radius 3 is 2.63 bits per heavy atom. The van der Waals surface area contributed by atoms with Crippen LogP contribution in [0.2, 0.25) is 5.02 Å². The van der Waals surface area contributed by atoms with Crippen molar-refractivity contribution in [3.8, 4) is 5.75 Å². The van der Waals surface area contributed by atoms with E-state index in [1.807, 2.05) is 12.1 Å². The fourth-order valence-corrected chi connectivity index (χ4v) is 1.77. The number of nitrogens with one attached hydrogen (secondary N) is 1. The maximum atomic E-state index is 11.5. The van der Waals surface area contributed by atoms with Crippen LogP contribution >= 0.6 is 11.6 Å². The van der Waals surface area contributed by atoms with Crippen molar-refractivity contribution in [3.63, 3.8) is 0 Å². The van der Waals surface area contributed by atoms with Crippen molar-refractivity contribution in [2.24, 2.45) is 0 Å². The lowest BCUT2D eigenvalue weighted by atomic mass is 10.2. The van der Waals surface area contributed by atoms with Crippen molar-refractivity contribution in [1.82, 2.24) is 5.32 Å². The zero-order valence-corrected chi connectivity index (χ0v) is 12.2. The molecule has 106 valence electrons. The number of benzene rings is 1. The van der Waals surface area contributed by atoms with Gasteiger partial charge in [0.1, 0.15) is 5.75 Å². The number of unbranched alkanes of at least 4 members (excludes halogenated alkanes) is 2. The summed E-state index contributed by atoms with van der Waals surface area (Å²) >= 11 is 5.78. The maximum Gasteiger partial charge on any atom is 0.220 e. The summed E-state index contributed by atoms with van der Waals surface area (Å²) in [4.78, 5) is 11.5. The normalized spacial score (nSPS) is 10.2. The van der Waals surface area contributed by atoms with Gasteiger partial charge in [0.2, 0.25) is 5.91 Å².